The highest BCUT2D eigenvalue weighted by Gasteiger charge is 2.36. The van der Waals surface area contributed by atoms with Crippen LogP contribution >= 0.6 is 0 Å². The number of amides is 1. The Morgan fingerprint density at radius 3 is 1.76 bits per heavy atom. The third-order valence-corrected chi connectivity index (χ3v) is 4.95. The fraction of sp³-hybridized carbons (Fsp3) is 0.941. The molecule has 2 heterocycles. The van der Waals surface area contributed by atoms with Crippen LogP contribution in [0.4, 0.5) is 0 Å². The Hall–Kier alpha value is -0.610. The number of hydrogen-bond donors (Lipinski definition) is 0. The molecule has 0 radical (unpaired) electrons. The first kappa shape index (κ1) is 16.8. The van der Waals surface area contributed by atoms with Gasteiger partial charge in [0.05, 0.1) is 0 Å². The van der Waals surface area contributed by atoms with Crippen LogP contribution in [0.1, 0.15) is 48.0 Å². The number of hydrogen-bond acceptors (Lipinski definition) is 3. The van der Waals surface area contributed by atoms with Crippen molar-refractivity contribution in [2.75, 3.05) is 39.3 Å². The van der Waals surface area contributed by atoms with E-state index in [-0.39, 0.29) is 11.1 Å². The van der Waals surface area contributed by atoms with Gasteiger partial charge in [-0.3, -0.25) is 14.6 Å². The lowest BCUT2D eigenvalue weighted by atomic mass is 9.90. The van der Waals surface area contributed by atoms with Crippen LogP contribution in [0.15, 0.2) is 0 Å². The van der Waals surface area contributed by atoms with E-state index in [1.54, 1.807) is 0 Å². The van der Waals surface area contributed by atoms with Crippen LogP contribution in [0.3, 0.4) is 0 Å². The van der Waals surface area contributed by atoms with E-state index in [4.69, 9.17) is 0 Å². The fourth-order valence-electron chi connectivity index (χ4n) is 3.25. The second kappa shape index (κ2) is 5.88. The molecule has 0 atom stereocenters. The molecule has 21 heavy (non-hydrogen) atoms. The van der Waals surface area contributed by atoms with E-state index in [0.29, 0.717) is 11.8 Å². The highest BCUT2D eigenvalue weighted by atomic mass is 16.2. The summed E-state index contributed by atoms with van der Waals surface area (Å²) < 4.78 is 0. The number of nitrogens with zero attached hydrogens (tertiary/aromatic N) is 3. The maximum Gasteiger partial charge on any atom is 0.223 e. The molecule has 2 saturated heterocycles. The lowest BCUT2D eigenvalue weighted by molar-refractivity contribution is -0.137. The molecule has 0 aromatic carbocycles. The van der Waals surface area contributed by atoms with Gasteiger partial charge < -0.3 is 4.90 Å². The molecule has 4 nitrogen and oxygen atoms in total. The third kappa shape index (κ3) is 4.19. The molecule has 0 N–H and O–H groups in total. The van der Waals surface area contributed by atoms with Crippen LogP contribution in [0.5, 0.6) is 0 Å². The summed E-state index contributed by atoms with van der Waals surface area (Å²) in [6.45, 7) is 19.5. The molecule has 2 rings (SSSR count). The Morgan fingerprint density at radius 1 is 0.857 bits per heavy atom. The first-order valence-electron chi connectivity index (χ1n) is 8.35. The smallest absolute Gasteiger partial charge is 0.223 e. The zero-order chi connectivity index (χ0) is 15.8. The molecule has 2 aliphatic heterocycles. The largest absolute Gasteiger partial charge is 0.340 e. The zero-order valence-electron chi connectivity index (χ0n) is 14.8. The molecule has 0 spiro atoms. The Labute approximate surface area is 130 Å². The van der Waals surface area contributed by atoms with Gasteiger partial charge in [-0.15, -0.1) is 0 Å². The molecule has 0 aromatic heterocycles. The van der Waals surface area contributed by atoms with Gasteiger partial charge in [-0.2, -0.15) is 0 Å². The van der Waals surface area contributed by atoms with Crippen molar-refractivity contribution in [3.63, 3.8) is 0 Å². The van der Waals surface area contributed by atoms with Crippen LogP contribution in [-0.2, 0) is 4.79 Å². The van der Waals surface area contributed by atoms with Gasteiger partial charge in [-0.1, -0.05) is 0 Å². The van der Waals surface area contributed by atoms with Crippen molar-refractivity contribution in [3.05, 3.63) is 0 Å². The standard InChI is InChI=1S/C17H33N3O/c1-16(2,3)19-9-7-18(8-10-19)15(21)11-14-12-20(13-14)17(4,5)6/h14H,7-13H2,1-6H3. The number of piperazine rings is 1. The maximum atomic E-state index is 12.4. The molecular weight excluding hydrogens is 262 g/mol. The van der Waals surface area contributed by atoms with E-state index >= 15 is 0 Å². The van der Waals surface area contributed by atoms with E-state index in [2.05, 4.69) is 56.2 Å². The van der Waals surface area contributed by atoms with Crippen molar-refractivity contribution in [2.24, 2.45) is 5.92 Å². The molecular formula is C17H33N3O. The summed E-state index contributed by atoms with van der Waals surface area (Å²) in [5.74, 6) is 0.930. The quantitative estimate of drug-likeness (QED) is 0.780. The van der Waals surface area contributed by atoms with Crippen molar-refractivity contribution in [3.8, 4) is 0 Å². The molecule has 0 aliphatic carbocycles. The van der Waals surface area contributed by atoms with Crippen LogP contribution in [-0.4, -0.2) is 71.0 Å². The molecule has 0 bridgehead atoms. The number of carbonyl (C=O) groups excluding carboxylic acids is 1. The second-order valence-corrected chi connectivity index (χ2v) is 8.68. The van der Waals surface area contributed by atoms with E-state index < -0.39 is 0 Å². The van der Waals surface area contributed by atoms with Gasteiger partial charge in [0.25, 0.3) is 0 Å². The SMILES string of the molecule is CC(C)(C)N1CCN(C(=O)CC2CN(C(C)(C)C)C2)CC1. The van der Waals surface area contributed by atoms with Crippen molar-refractivity contribution in [2.45, 2.75) is 59.0 Å². The van der Waals surface area contributed by atoms with Crippen LogP contribution in [0.25, 0.3) is 0 Å². The first-order chi connectivity index (χ1) is 9.57. The Morgan fingerprint density at radius 2 is 1.33 bits per heavy atom. The highest BCUT2D eigenvalue weighted by Crippen LogP contribution is 2.28. The summed E-state index contributed by atoms with van der Waals surface area (Å²) in [5, 5.41) is 0. The minimum atomic E-state index is 0.219. The summed E-state index contributed by atoms with van der Waals surface area (Å²) in [6.07, 6.45) is 0.738. The Balaban J connectivity index is 1.72. The lowest BCUT2D eigenvalue weighted by Crippen LogP contribution is -2.58. The molecule has 0 unspecified atom stereocenters. The van der Waals surface area contributed by atoms with E-state index in [0.717, 1.165) is 45.7 Å². The second-order valence-electron chi connectivity index (χ2n) is 8.68. The monoisotopic (exact) mass is 295 g/mol. The minimum absolute atomic E-state index is 0.219. The Bertz CT molecular complexity index is 366. The summed E-state index contributed by atoms with van der Waals surface area (Å²) in [5.41, 5.74) is 0.466. The predicted octanol–water partition coefficient (Wildman–Crippen LogP) is 2.05. The van der Waals surface area contributed by atoms with Crippen LogP contribution in [0.2, 0.25) is 0 Å². The molecule has 2 fully saturated rings. The highest BCUT2D eigenvalue weighted by molar-refractivity contribution is 5.76. The summed E-state index contributed by atoms with van der Waals surface area (Å²) in [4.78, 5) is 19.4. The van der Waals surface area contributed by atoms with Gasteiger partial charge in [0.15, 0.2) is 0 Å². The first-order valence-corrected chi connectivity index (χ1v) is 8.35. The van der Waals surface area contributed by atoms with E-state index in [9.17, 15) is 4.79 Å². The summed E-state index contributed by atoms with van der Waals surface area (Å²) in [7, 11) is 0. The summed E-state index contributed by atoms with van der Waals surface area (Å²) >= 11 is 0. The maximum absolute atomic E-state index is 12.4. The molecule has 122 valence electrons. The molecule has 0 aromatic rings. The fourth-order valence-corrected chi connectivity index (χ4v) is 3.25. The molecule has 4 heteroatoms. The average Bonchev–Trinajstić information content (AvgIpc) is 2.30. The van der Waals surface area contributed by atoms with Gasteiger partial charge in [0.1, 0.15) is 0 Å². The van der Waals surface area contributed by atoms with E-state index in [1.165, 1.54) is 0 Å². The van der Waals surface area contributed by atoms with Gasteiger partial charge in [0.2, 0.25) is 5.91 Å². The van der Waals surface area contributed by atoms with Crippen molar-refractivity contribution < 1.29 is 4.79 Å². The molecule has 0 saturated carbocycles. The van der Waals surface area contributed by atoms with Gasteiger partial charge in [-0.25, -0.2) is 0 Å². The Kier molecular flexibility index (Phi) is 4.69. The number of likely N-dealkylation sites (tertiary alicyclic amines) is 1. The van der Waals surface area contributed by atoms with Gasteiger partial charge >= 0.3 is 0 Å². The van der Waals surface area contributed by atoms with E-state index in [1.807, 2.05) is 0 Å². The van der Waals surface area contributed by atoms with Gasteiger partial charge in [-0.05, 0) is 47.5 Å². The lowest BCUT2D eigenvalue weighted by Gasteiger charge is -2.48. The summed E-state index contributed by atoms with van der Waals surface area (Å²) in [6, 6.07) is 0. The van der Waals surface area contributed by atoms with Crippen molar-refractivity contribution >= 4 is 5.91 Å². The average molecular weight is 295 g/mol. The van der Waals surface area contributed by atoms with Crippen LogP contribution < -0.4 is 0 Å². The topological polar surface area (TPSA) is 26.8 Å². The number of carbonyl (C=O) groups is 1. The zero-order valence-corrected chi connectivity index (χ0v) is 14.8. The predicted molar refractivity (Wildman–Crippen MR) is 87.3 cm³/mol. The van der Waals surface area contributed by atoms with Gasteiger partial charge in [0, 0.05) is 56.8 Å². The van der Waals surface area contributed by atoms with Crippen molar-refractivity contribution in [1.82, 2.24) is 14.7 Å². The number of rotatable bonds is 2. The van der Waals surface area contributed by atoms with Crippen LogP contribution in [0, 0.1) is 5.92 Å². The minimum Gasteiger partial charge on any atom is -0.340 e. The third-order valence-electron chi connectivity index (χ3n) is 4.95. The molecule has 2 aliphatic rings. The normalized spacial score (nSPS) is 23.2. The van der Waals surface area contributed by atoms with Crippen molar-refractivity contribution in [1.29, 1.82) is 0 Å². The molecule has 1 amide bonds.